The molecule has 1 aromatic heterocycles. The Hall–Kier alpha value is -0.700. The number of aryl methyl sites for hydroxylation is 1. The molecule has 0 saturated heterocycles. The molecule has 0 fully saturated rings. The second-order valence-electron chi connectivity index (χ2n) is 3.38. The molecule has 4 heteroatoms. The predicted octanol–water partition coefficient (Wildman–Crippen LogP) is 2.64. The van der Waals surface area contributed by atoms with Crippen LogP contribution >= 0.6 is 11.6 Å². The van der Waals surface area contributed by atoms with Crippen molar-refractivity contribution in [3.8, 4) is 5.75 Å². The lowest BCUT2D eigenvalue weighted by atomic mass is 10.0. The first-order chi connectivity index (χ1) is 6.61. The maximum atomic E-state index is 6.08. The van der Waals surface area contributed by atoms with E-state index in [-0.39, 0.29) is 11.3 Å². The van der Waals surface area contributed by atoms with Gasteiger partial charge in [0.1, 0.15) is 0 Å². The molecule has 0 bridgehead atoms. The van der Waals surface area contributed by atoms with Crippen molar-refractivity contribution in [3.05, 3.63) is 11.9 Å². The third-order valence-electron chi connectivity index (χ3n) is 2.48. The summed E-state index contributed by atoms with van der Waals surface area (Å²) in [6.07, 6.45) is 1.74. The van der Waals surface area contributed by atoms with Crippen LogP contribution in [0, 0.1) is 0 Å². The van der Waals surface area contributed by atoms with Crippen molar-refractivity contribution in [2.75, 3.05) is 7.11 Å². The Morgan fingerprint density at radius 2 is 2.21 bits per heavy atom. The molecular formula is C10H17ClN2O. The summed E-state index contributed by atoms with van der Waals surface area (Å²) in [5.41, 5.74) is 1.08. The second kappa shape index (κ2) is 4.69. The lowest BCUT2D eigenvalue weighted by Crippen LogP contribution is -2.13. The molecule has 14 heavy (non-hydrogen) atoms. The van der Waals surface area contributed by atoms with Crippen LogP contribution in [-0.2, 0) is 6.54 Å². The van der Waals surface area contributed by atoms with E-state index in [1.165, 1.54) is 0 Å². The lowest BCUT2D eigenvalue weighted by Gasteiger charge is -2.16. The predicted molar refractivity (Wildman–Crippen MR) is 58.2 cm³/mol. The quantitative estimate of drug-likeness (QED) is 0.724. The summed E-state index contributed by atoms with van der Waals surface area (Å²) in [5, 5.41) is 4.32. The summed E-state index contributed by atoms with van der Waals surface area (Å²) in [5.74, 6) is 1.07. The topological polar surface area (TPSA) is 27.1 Å². The summed E-state index contributed by atoms with van der Waals surface area (Å²) in [4.78, 5) is 0. The minimum absolute atomic E-state index is 0.0749. The fourth-order valence-corrected chi connectivity index (χ4v) is 1.58. The first kappa shape index (κ1) is 11.4. The fraction of sp³-hybridized carbons (Fsp3) is 0.700. The largest absolute Gasteiger partial charge is 0.493 e. The highest BCUT2D eigenvalue weighted by atomic mass is 35.5. The molecule has 1 aromatic rings. The summed E-state index contributed by atoms with van der Waals surface area (Å²) in [6, 6.07) is 0. The van der Waals surface area contributed by atoms with E-state index in [0.29, 0.717) is 0 Å². The maximum absolute atomic E-state index is 6.08. The Morgan fingerprint density at radius 1 is 1.57 bits per heavy atom. The lowest BCUT2D eigenvalue weighted by molar-refractivity contribution is 0.402. The molecule has 2 atom stereocenters. The van der Waals surface area contributed by atoms with E-state index in [1.807, 2.05) is 11.6 Å². The van der Waals surface area contributed by atoms with Crippen LogP contribution in [0.25, 0.3) is 0 Å². The number of hydrogen-bond donors (Lipinski definition) is 0. The summed E-state index contributed by atoms with van der Waals surface area (Å²) < 4.78 is 7.19. The number of hydrogen-bond acceptors (Lipinski definition) is 2. The average molecular weight is 217 g/mol. The zero-order valence-electron chi connectivity index (χ0n) is 9.12. The normalized spacial score (nSPS) is 15.2. The molecule has 0 N–H and O–H groups in total. The van der Waals surface area contributed by atoms with E-state index in [0.717, 1.165) is 18.0 Å². The van der Waals surface area contributed by atoms with Crippen LogP contribution in [-0.4, -0.2) is 22.3 Å². The number of rotatable bonds is 4. The molecular weight excluding hydrogens is 200 g/mol. The molecule has 1 heterocycles. The summed E-state index contributed by atoms with van der Waals surface area (Å²) in [6.45, 7) is 6.97. The number of ether oxygens (including phenoxy) is 1. The zero-order valence-corrected chi connectivity index (χ0v) is 9.88. The molecule has 80 valence electrons. The Morgan fingerprint density at radius 3 is 2.64 bits per heavy atom. The van der Waals surface area contributed by atoms with Crippen LogP contribution in [0.5, 0.6) is 5.75 Å². The van der Waals surface area contributed by atoms with E-state index < -0.39 is 0 Å². The minimum atomic E-state index is 0.0749. The van der Waals surface area contributed by atoms with Gasteiger partial charge in [0.05, 0.1) is 19.0 Å². The van der Waals surface area contributed by atoms with Crippen LogP contribution in [0.2, 0.25) is 0 Å². The molecule has 0 aliphatic carbocycles. The molecule has 0 saturated carbocycles. The highest BCUT2D eigenvalue weighted by molar-refractivity contribution is 6.20. The fourth-order valence-electron chi connectivity index (χ4n) is 1.46. The van der Waals surface area contributed by atoms with Gasteiger partial charge in [-0.15, -0.1) is 11.6 Å². The second-order valence-corrected chi connectivity index (χ2v) is 4.07. The van der Waals surface area contributed by atoms with E-state index in [9.17, 15) is 0 Å². The molecule has 2 unspecified atom stereocenters. The van der Waals surface area contributed by atoms with Crippen LogP contribution in [0.3, 0.4) is 0 Å². The Labute approximate surface area is 90.0 Å². The number of aromatic nitrogens is 2. The summed E-state index contributed by atoms with van der Waals surface area (Å²) >= 11 is 6.08. The van der Waals surface area contributed by atoms with Crippen molar-refractivity contribution in [3.63, 3.8) is 0 Å². The van der Waals surface area contributed by atoms with E-state index in [4.69, 9.17) is 16.3 Å². The van der Waals surface area contributed by atoms with Gasteiger partial charge in [-0.1, -0.05) is 6.92 Å². The standard InChI is InChI=1S/C10H17ClN2O/c1-5-13-10(7(2)8(3)11)9(14-4)6-12-13/h6-8H,5H2,1-4H3. The number of halogens is 1. The minimum Gasteiger partial charge on any atom is -0.493 e. The SMILES string of the molecule is CCn1ncc(OC)c1C(C)C(C)Cl. The third kappa shape index (κ3) is 2.03. The van der Waals surface area contributed by atoms with Crippen molar-refractivity contribution < 1.29 is 4.74 Å². The van der Waals surface area contributed by atoms with Crippen molar-refractivity contribution in [1.82, 2.24) is 9.78 Å². The molecule has 0 aliphatic heterocycles. The van der Waals surface area contributed by atoms with E-state index >= 15 is 0 Å². The molecule has 3 nitrogen and oxygen atoms in total. The van der Waals surface area contributed by atoms with Gasteiger partial charge in [-0.2, -0.15) is 5.10 Å². The summed E-state index contributed by atoms with van der Waals surface area (Å²) in [7, 11) is 1.66. The molecule has 0 spiro atoms. The number of alkyl halides is 1. The molecule has 0 amide bonds. The highest BCUT2D eigenvalue weighted by Gasteiger charge is 2.21. The average Bonchev–Trinajstić information content (AvgIpc) is 2.58. The monoisotopic (exact) mass is 216 g/mol. The third-order valence-corrected chi connectivity index (χ3v) is 2.86. The van der Waals surface area contributed by atoms with Crippen molar-refractivity contribution in [2.45, 2.75) is 38.6 Å². The number of methoxy groups -OCH3 is 1. The first-order valence-corrected chi connectivity index (χ1v) is 5.29. The van der Waals surface area contributed by atoms with Crippen LogP contribution < -0.4 is 4.74 Å². The van der Waals surface area contributed by atoms with Gasteiger partial charge in [-0.05, 0) is 13.8 Å². The zero-order chi connectivity index (χ0) is 10.7. The Balaban J connectivity index is 3.07. The Bertz CT molecular complexity index is 275. The molecule has 0 aromatic carbocycles. The van der Waals surface area contributed by atoms with Crippen molar-refractivity contribution >= 4 is 11.6 Å². The van der Waals surface area contributed by atoms with Gasteiger partial charge in [0, 0.05) is 17.8 Å². The van der Waals surface area contributed by atoms with Gasteiger partial charge in [0.25, 0.3) is 0 Å². The van der Waals surface area contributed by atoms with Gasteiger partial charge in [-0.25, -0.2) is 0 Å². The van der Waals surface area contributed by atoms with Gasteiger partial charge >= 0.3 is 0 Å². The Kier molecular flexibility index (Phi) is 3.81. The van der Waals surface area contributed by atoms with Crippen LogP contribution in [0.15, 0.2) is 6.20 Å². The molecule has 0 radical (unpaired) electrons. The van der Waals surface area contributed by atoms with Gasteiger partial charge < -0.3 is 4.74 Å². The van der Waals surface area contributed by atoms with E-state index in [2.05, 4.69) is 18.9 Å². The van der Waals surface area contributed by atoms with Crippen molar-refractivity contribution in [2.24, 2.45) is 0 Å². The van der Waals surface area contributed by atoms with E-state index in [1.54, 1.807) is 13.3 Å². The van der Waals surface area contributed by atoms with Crippen molar-refractivity contribution in [1.29, 1.82) is 0 Å². The first-order valence-electron chi connectivity index (χ1n) is 4.85. The number of nitrogens with zero attached hydrogens (tertiary/aromatic N) is 2. The van der Waals surface area contributed by atoms with Crippen LogP contribution in [0.4, 0.5) is 0 Å². The molecule has 1 rings (SSSR count). The maximum Gasteiger partial charge on any atom is 0.160 e. The van der Waals surface area contributed by atoms with Gasteiger partial charge in [0.2, 0.25) is 0 Å². The smallest absolute Gasteiger partial charge is 0.160 e. The van der Waals surface area contributed by atoms with Crippen LogP contribution in [0.1, 0.15) is 32.4 Å². The molecule has 0 aliphatic rings. The van der Waals surface area contributed by atoms with Gasteiger partial charge in [0.15, 0.2) is 5.75 Å². The van der Waals surface area contributed by atoms with Gasteiger partial charge in [-0.3, -0.25) is 4.68 Å². The highest BCUT2D eigenvalue weighted by Crippen LogP contribution is 2.30.